The second-order valence-electron chi connectivity index (χ2n) is 5.40. The molecule has 21 heavy (non-hydrogen) atoms. The molecule has 2 atom stereocenters. The van der Waals surface area contributed by atoms with Gasteiger partial charge in [0.1, 0.15) is 0 Å². The minimum atomic E-state index is 0. The number of fused-ring (bicyclic) bond motifs is 1. The largest absolute Gasteiger partial charge is 0.454 e. The van der Waals surface area contributed by atoms with E-state index in [-0.39, 0.29) is 24.0 Å². The molecule has 116 valence electrons. The predicted octanol–water partition coefficient (Wildman–Crippen LogP) is 2.15. The summed E-state index contributed by atoms with van der Waals surface area (Å²) >= 11 is 0. The van der Waals surface area contributed by atoms with Crippen molar-refractivity contribution in [3.8, 4) is 11.5 Å². The van der Waals surface area contributed by atoms with Gasteiger partial charge in [-0.2, -0.15) is 0 Å². The summed E-state index contributed by atoms with van der Waals surface area (Å²) in [5.41, 5.74) is 1.23. The minimum Gasteiger partial charge on any atom is -0.454 e. The summed E-state index contributed by atoms with van der Waals surface area (Å²) in [6, 6.07) is 6.68. The van der Waals surface area contributed by atoms with Gasteiger partial charge in [-0.25, -0.2) is 0 Å². The van der Waals surface area contributed by atoms with Crippen LogP contribution in [0.15, 0.2) is 23.2 Å². The van der Waals surface area contributed by atoms with Gasteiger partial charge in [-0.05, 0) is 36.5 Å². The van der Waals surface area contributed by atoms with E-state index >= 15 is 0 Å². The SMILES string of the molecule is CN=C(NCCc1ccc2c(c1)OCO2)NC1CC1C.I. The molecule has 6 heteroatoms. The summed E-state index contributed by atoms with van der Waals surface area (Å²) in [6.45, 7) is 3.42. The van der Waals surface area contributed by atoms with Crippen molar-refractivity contribution < 1.29 is 9.47 Å². The van der Waals surface area contributed by atoms with Crippen LogP contribution in [-0.2, 0) is 6.42 Å². The molecule has 0 radical (unpaired) electrons. The number of nitrogens with one attached hydrogen (secondary N) is 2. The molecule has 1 saturated carbocycles. The summed E-state index contributed by atoms with van der Waals surface area (Å²) in [5.74, 6) is 3.33. The van der Waals surface area contributed by atoms with E-state index in [1.165, 1.54) is 12.0 Å². The standard InChI is InChI=1S/C15H21N3O2.HI/c1-10-7-12(10)18-15(16-2)17-6-5-11-3-4-13-14(8-11)20-9-19-13;/h3-4,8,10,12H,5-7,9H2,1-2H3,(H2,16,17,18);1H. The number of nitrogens with zero attached hydrogens (tertiary/aromatic N) is 1. The van der Waals surface area contributed by atoms with E-state index in [2.05, 4.69) is 28.6 Å². The molecule has 2 unspecified atom stereocenters. The van der Waals surface area contributed by atoms with Crippen LogP contribution >= 0.6 is 24.0 Å². The summed E-state index contributed by atoms with van der Waals surface area (Å²) < 4.78 is 10.7. The van der Waals surface area contributed by atoms with E-state index in [9.17, 15) is 0 Å². The van der Waals surface area contributed by atoms with Crippen LogP contribution in [0.1, 0.15) is 18.9 Å². The summed E-state index contributed by atoms with van der Waals surface area (Å²) in [7, 11) is 1.81. The number of ether oxygens (including phenoxy) is 2. The zero-order valence-corrected chi connectivity index (χ0v) is 14.7. The predicted molar refractivity (Wildman–Crippen MR) is 93.8 cm³/mol. The van der Waals surface area contributed by atoms with Crippen LogP contribution in [-0.4, -0.2) is 32.4 Å². The molecule has 1 aromatic carbocycles. The monoisotopic (exact) mass is 403 g/mol. The third-order valence-corrected chi connectivity index (χ3v) is 3.80. The number of benzene rings is 1. The van der Waals surface area contributed by atoms with Crippen LogP contribution in [0.2, 0.25) is 0 Å². The molecule has 0 saturated heterocycles. The molecule has 2 N–H and O–H groups in total. The third kappa shape index (κ3) is 4.15. The fraction of sp³-hybridized carbons (Fsp3) is 0.533. The van der Waals surface area contributed by atoms with Gasteiger partial charge in [0.15, 0.2) is 17.5 Å². The Labute approximate surface area is 142 Å². The summed E-state index contributed by atoms with van der Waals surface area (Å²) in [6.07, 6.45) is 2.17. The van der Waals surface area contributed by atoms with Crippen molar-refractivity contribution in [2.24, 2.45) is 10.9 Å². The second kappa shape index (κ2) is 7.20. The van der Waals surface area contributed by atoms with E-state index in [4.69, 9.17) is 9.47 Å². The summed E-state index contributed by atoms with van der Waals surface area (Å²) in [4.78, 5) is 4.24. The third-order valence-electron chi connectivity index (χ3n) is 3.80. The Kier molecular flexibility index (Phi) is 5.55. The zero-order valence-electron chi connectivity index (χ0n) is 12.4. The molecule has 2 aliphatic rings. The first-order valence-electron chi connectivity index (χ1n) is 7.12. The Hall–Kier alpha value is -1.18. The maximum Gasteiger partial charge on any atom is 0.231 e. The van der Waals surface area contributed by atoms with Crippen LogP contribution < -0.4 is 20.1 Å². The average Bonchev–Trinajstić information content (AvgIpc) is 2.96. The fourth-order valence-electron chi connectivity index (χ4n) is 2.32. The Morgan fingerprint density at radius 1 is 1.33 bits per heavy atom. The van der Waals surface area contributed by atoms with E-state index in [1.54, 1.807) is 0 Å². The first-order chi connectivity index (χ1) is 9.76. The van der Waals surface area contributed by atoms with E-state index in [1.807, 2.05) is 19.2 Å². The highest BCUT2D eigenvalue weighted by atomic mass is 127. The van der Waals surface area contributed by atoms with Crippen molar-refractivity contribution in [1.29, 1.82) is 0 Å². The van der Waals surface area contributed by atoms with Gasteiger partial charge in [0.25, 0.3) is 0 Å². The Bertz CT molecular complexity index is 522. The molecule has 3 rings (SSSR count). The molecule has 0 aromatic heterocycles. The van der Waals surface area contributed by atoms with Gasteiger partial charge in [0.2, 0.25) is 6.79 Å². The van der Waals surface area contributed by atoms with Crippen molar-refractivity contribution in [1.82, 2.24) is 10.6 Å². The number of aliphatic imine (C=N–C) groups is 1. The van der Waals surface area contributed by atoms with E-state index < -0.39 is 0 Å². The van der Waals surface area contributed by atoms with Crippen molar-refractivity contribution in [3.63, 3.8) is 0 Å². The van der Waals surface area contributed by atoms with Crippen molar-refractivity contribution in [3.05, 3.63) is 23.8 Å². The van der Waals surface area contributed by atoms with Gasteiger partial charge in [-0.15, -0.1) is 24.0 Å². The molecule has 0 amide bonds. The molecular formula is C15H22IN3O2. The lowest BCUT2D eigenvalue weighted by atomic mass is 10.1. The van der Waals surface area contributed by atoms with Gasteiger partial charge in [0, 0.05) is 19.6 Å². The lowest BCUT2D eigenvalue weighted by molar-refractivity contribution is 0.174. The highest BCUT2D eigenvalue weighted by molar-refractivity contribution is 14.0. The highest BCUT2D eigenvalue weighted by Gasteiger charge is 2.33. The van der Waals surface area contributed by atoms with E-state index in [0.717, 1.165) is 36.3 Å². The first kappa shape index (κ1) is 16.2. The zero-order chi connectivity index (χ0) is 13.9. The second-order valence-corrected chi connectivity index (χ2v) is 5.40. The van der Waals surface area contributed by atoms with Gasteiger partial charge in [-0.1, -0.05) is 13.0 Å². The highest BCUT2D eigenvalue weighted by Crippen LogP contribution is 2.32. The fourth-order valence-corrected chi connectivity index (χ4v) is 2.32. The Balaban J connectivity index is 0.00000161. The quantitative estimate of drug-likeness (QED) is 0.460. The van der Waals surface area contributed by atoms with E-state index in [0.29, 0.717) is 12.8 Å². The van der Waals surface area contributed by atoms with Crippen molar-refractivity contribution >= 4 is 29.9 Å². The number of rotatable bonds is 4. The van der Waals surface area contributed by atoms with Crippen LogP contribution in [0.4, 0.5) is 0 Å². The average molecular weight is 403 g/mol. The van der Waals surface area contributed by atoms with Crippen molar-refractivity contribution in [2.75, 3.05) is 20.4 Å². The Morgan fingerprint density at radius 2 is 2.10 bits per heavy atom. The molecule has 0 bridgehead atoms. The molecule has 0 spiro atoms. The van der Waals surface area contributed by atoms with Gasteiger partial charge in [0.05, 0.1) is 0 Å². The van der Waals surface area contributed by atoms with Crippen molar-refractivity contribution in [2.45, 2.75) is 25.8 Å². The maximum absolute atomic E-state index is 5.38. The molecule has 1 aliphatic heterocycles. The molecule has 1 aliphatic carbocycles. The molecule has 1 fully saturated rings. The number of halogens is 1. The lowest BCUT2D eigenvalue weighted by Gasteiger charge is -2.11. The molecule has 1 aromatic rings. The topological polar surface area (TPSA) is 54.9 Å². The smallest absolute Gasteiger partial charge is 0.231 e. The van der Waals surface area contributed by atoms with Gasteiger partial charge in [-0.3, -0.25) is 4.99 Å². The number of guanidine groups is 1. The summed E-state index contributed by atoms with van der Waals surface area (Å²) in [5, 5.41) is 6.76. The van der Waals surface area contributed by atoms with Crippen LogP contribution in [0, 0.1) is 5.92 Å². The van der Waals surface area contributed by atoms with Gasteiger partial charge >= 0.3 is 0 Å². The Morgan fingerprint density at radius 3 is 2.81 bits per heavy atom. The normalized spacial score (nSPS) is 22.5. The van der Waals surface area contributed by atoms with Gasteiger partial charge < -0.3 is 20.1 Å². The van der Waals surface area contributed by atoms with Crippen LogP contribution in [0.5, 0.6) is 11.5 Å². The minimum absolute atomic E-state index is 0. The molecular weight excluding hydrogens is 381 g/mol. The molecule has 5 nitrogen and oxygen atoms in total. The number of hydrogen-bond donors (Lipinski definition) is 2. The van der Waals surface area contributed by atoms with Crippen LogP contribution in [0.3, 0.4) is 0 Å². The maximum atomic E-state index is 5.38. The lowest BCUT2D eigenvalue weighted by Crippen LogP contribution is -2.39. The first-order valence-corrected chi connectivity index (χ1v) is 7.12. The van der Waals surface area contributed by atoms with Crippen LogP contribution in [0.25, 0.3) is 0 Å². The number of hydrogen-bond acceptors (Lipinski definition) is 3. The molecule has 1 heterocycles.